The van der Waals surface area contributed by atoms with Crippen LogP contribution in [0.4, 0.5) is 0 Å². The maximum atomic E-state index is 5.48. The summed E-state index contributed by atoms with van der Waals surface area (Å²) in [7, 11) is 3.62. The molecule has 0 aliphatic heterocycles. The SMILES string of the molecule is CNC1=CC=C(OCCOC)CC1. The molecule has 74 valence electrons. The molecule has 3 nitrogen and oxygen atoms in total. The Balaban J connectivity index is 2.28. The molecule has 0 spiro atoms. The first-order valence-corrected chi connectivity index (χ1v) is 4.56. The van der Waals surface area contributed by atoms with Crippen LogP contribution in [0.25, 0.3) is 0 Å². The van der Waals surface area contributed by atoms with E-state index in [-0.39, 0.29) is 0 Å². The van der Waals surface area contributed by atoms with Crippen molar-refractivity contribution in [1.29, 1.82) is 0 Å². The zero-order chi connectivity index (χ0) is 9.52. The standard InChI is InChI=1S/C10H17NO2/c1-11-9-3-5-10(6-4-9)13-8-7-12-2/h3,5,11H,4,6-8H2,1-2H3. The van der Waals surface area contributed by atoms with Crippen LogP contribution in [0, 0.1) is 0 Å². The van der Waals surface area contributed by atoms with Crippen molar-refractivity contribution in [2.75, 3.05) is 27.4 Å². The first-order chi connectivity index (χ1) is 6.36. The van der Waals surface area contributed by atoms with Crippen molar-refractivity contribution in [3.8, 4) is 0 Å². The summed E-state index contributed by atoms with van der Waals surface area (Å²) in [5, 5.41) is 3.13. The fourth-order valence-corrected chi connectivity index (χ4v) is 1.20. The van der Waals surface area contributed by atoms with E-state index in [1.807, 2.05) is 13.1 Å². The molecule has 13 heavy (non-hydrogen) atoms. The molecule has 1 aliphatic carbocycles. The Bertz CT molecular complexity index is 209. The molecule has 0 amide bonds. The van der Waals surface area contributed by atoms with Gasteiger partial charge >= 0.3 is 0 Å². The van der Waals surface area contributed by atoms with Crippen LogP contribution in [-0.4, -0.2) is 27.4 Å². The van der Waals surface area contributed by atoms with Gasteiger partial charge in [0.2, 0.25) is 0 Å². The second-order valence-corrected chi connectivity index (χ2v) is 2.92. The van der Waals surface area contributed by atoms with Crippen molar-refractivity contribution in [1.82, 2.24) is 5.32 Å². The van der Waals surface area contributed by atoms with Gasteiger partial charge < -0.3 is 14.8 Å². The number of rotatable bonds is 5. The lowest BCUT2D eigenvalue weighted by Crippen LogP contribution is -2.10. The van der Waals surface area contributed by atoms with E-state index >= 15 is 0 Å². The molecular formula is C10H17NO2. The highest BCUT2D eigenvalue weighted by Gasteiger charge is 2.05. The summed E-state index contributed by atoms with van der Waals surface area (Å²) in [6, 6.07) is 0. The number of allylic oxidation sites excluding steroid dienone is 4. The summed E-state index contributed by atoms with van der Waals surface area (Å²) in [6.45, 7) is 1.30. The molecule has 0 saturated carbocycles. The predicted molar refractivity (Wildman–Crippen MR) is 52.3 cm³/mol. The Morgan fingerprint density at radius 1 is 1.31 bits per heavy atom. The average molecular weight is 183 g/mol. The smallest absolute Gasteiger partial charge is 0.111 e. The third-order valence-corrected chi connectivity index (χ3v) is 2.01. The fourth-order valence-electron chi connectivity index (χ4n) is 1.20. The number of hydrogen-bond acceptors (Lipinski definition) is 3. The van der Waals surface area contributed by atoms with Crippen LogP contribution in [0.2, 0.25) is 0 Å². The van der Waals surface area contributed by atoms with Crippen molar-refractivity contribution >= 4 is 0 Å². The molecule has 0 atom stereocenters. The minimum atomic E-state index is 0.644. The van der Waals surface area contributed by atoms with Crippen molar-refractivity contribution < 1.29 is 9.47 Å². The predicted octanol–water partition coefficient (Wildman–Crippen LogP) is 1.43. The van der Waals surface area contributed by atoms with E-state index in [1.54, 1.807) is 7.11 Å². The molecule has 1 N–H and O–H groups in total. The minimum Gasteiger partial charge on any atom is -0.496 e. The van der Waals surface area contributed by atoms with Crippen LogP contribution >= 0.6 is 0 Å². The lowest BCUT2D eigenvalue weighted by atomic mass is 10.1. The Hall–Kier alpha value is -0.960. The second-order valence-electron chi connectivity index (χ2n) is 2.92. The summed E-state index contributed by atoms with van der Waals surface area (Å²) >= 11 is 0. The molecule has 0 fully saturated rings. The van der Waals surface area contributed by atoms with Crippen LogP contribution in [0.5, 0.6) is 0 Å². The maximum Gasteiger partial charge on any atom is 0.111 e. The van der Waals surface area contributed by atoms with Gasteiger partial charge in [0, 0.05) is 26.3 Å². The summed E-state index contributed by atoms with van der Waals surface area (Å²) < 4.78 is 10.4. The van der Waals surface area contributed by atoms with Gasteiger partial charge in [-0.15, -0.1) is 0 Å². The van der Waals surface area contributed by atoms with Gasteiger partial charge in [-0.1, -0.05) is 0 Å². The maximum absolute atomic E-state index is 5.48. The average Bonchev–Trinajstić information content (AvgIpc) is 2.19. The molecule has 0 radical (unpaired) electrons. The van der Waals surface area contributed by atoms with Gasteiger partial charge in [0.1, 0.15) is 6.61 Å². The molecule has 0 aromatic carbocycles. The number of methoxy groups -OCH3 is 1. The van der Waals surface area contributed by atoms with E-state index in [0.29, 0.717) is 13.2 Å². The van der Waals surface area contributed by atoms with Crippen molar-refractivity contribution in [2.24, 2.45) is 0 Å². The number of ether oxygens (including phenoxy) is 2. The van der Waals surface area contributed by atoms with Crippen LogP contribution < -0.4 is 5.32 Å². The van der Waals surface area contributed by atoms with Crippen LogP contribution in [-0.2, 0) is 9.47 Å². The zero-order valence-corrected chi connectivity index (χ0v) is 8.30. The molecule has 0 unspecified atom stereocenters. The molecule has 0 aromatic heterocycles. The van der Waals surface area contributed by atoms with E-state index in [2.05, 4.69) is 11.4 Å². The van der Waals surface area contributed by atoms with Gasteiger partial charge in [0.25, 0.3) is 0 Å². The monoisotopic (exact) mass is 183 g/mol. The first-order valence-electron chi connectivity index (χ1n) is 4.56. The number of nitrogens with one attached hydrogen (secondary N) is 1. The quantitative estimate of drug-likeness (QED) is 0.654. The lowest BCUT2D eigenvalue weighted by molar-refractivity contribution is 0.106. The Morgan fingerprint density at radius 3 is 2.69 bits per heavy atom. The van der Waals surface area contributed by atoms with Gasteiger partial charge in [-0.2, -0.15) is 0 Å². The Kier molecular flexibility index (Phi) is 4.40. The summed E-state index contributed by atoms with van der Waals surface area (Å²) in [4.78, 5) is 0. The number of hydrogen-bond donors (Lipinski definition) is 1. The van der Waals surface area contributed by atoms with Crippen LogP contribution in [0.3, 0.4) is 0 Å². The van der Waals surface area contributed by atoms with Gasteiger partial charge in [-0.25, -0.2) is 0 Å². The van der Waals surface area contributed by atoms with Crippen molar-refractivity contribution in [2.45, 2.75) is 12.8 Å². The van der Waals surface area contributed by atoms with Crippen molar-refractivity contribution in [3.05, 3.63) is 23.6 Å². The molecule has 0 bridgehead atoms. The van der Waals surface area contributed by atoms with E-state index in [1.165, 1.54) is 5.70 Å². The summed E-state index contributed by atoms with van der Waals surface area (Å²) in [6.07, 6.45) is 6.10. The molecule has 3 heteroatoms. The van der Waals surface area contributed by atoms with Crippen LogP contribution in [0.15, 0.2) is 23.6 Å². The third-order valence-electron chi connectivity index (χ3n) is 2.01. The Labute approximate surface area is 79.4 Å². The van der Waals surface area contributed by atoms with E-state index < -0.39 is 0 Å². The largest absolute Gasteiger partial charge is 0.496 e. The highest BCUT2D eigenvalue weighted by Crippen LogP contribution is 2.16. The second kappa shape index (κ2) is 5.65. The highest BCUT2D eigenvalue weighted by molar-refractivity contribution is 5.19. The molecule has 1 aliphatic rings. The fraction of sp³-hybridized carbons (Fsp3) is 0.600. The van der Waals surface area contributed by atoms with Gasteiger partial charge in [0.15, 0.2) is 0 Å². The van der Waals surface area contributed by atoms with Gasteiger partial charge in [-0.3, -0.25) is 0 Å². The molecule has 0 aromatic rings. The molecular weight excluding hydrogens is 166 g/mol. The van der Waals surface area contributed by atoms with E-state index in [4.69, 9.17) is 9.47 Å². The normalized spacial score (nSPS) is 16.2. The third kappa shape index (κ3) is 3.51. The molecule has 0 heterocycles. The minimum absolute atomic E-state index is 0.644. The van der Waals surface area contributed by atoms with E-state index in [9.17, 15) is 0 Å². The Morgan fingerprint density at radius 2 is 2.15 bits per heavy atom. The summed E-state index contributed by atoms with van der Waals surface area (Å²) in [5.74, 6) is 1.05. The first kappa shape index (κ1) is 10.1. The topological polar surface area (TPSA) is 30.5 Å². The van der Waals surface area contributed by atoms with Crippen molar-refractivity contribution in [3.63, 3.8) is 0 Å². The lowest BCUT2D eigenvalue weighted by Gasteiger charge is -2.15. The van der Waals surface area contributed by atoms with Gasteiger partial charge in [-0.05, 0) is 18.6 Å². The molecule has 1 rings (SSSR count). The zero-order valence-electron chi connectivity index (χ0n) is 8.30. The van der Waals surface area contributed by atoms with E-state index in [0.717, 1.165) is 18.6 Å². The summed E-state index contributed by atoms with van der Waals surface area (Å²) in [5.41, 5.74) is 1.26. The van der Waals surface area contributed by atoms with Crippen LogP contribution in [0.1, 0.15) is 12.8 Å². The highest BCUT2D eigenvalue weighted by atomic mass is 16.5. The van der Waals surface area contributed by atoms with Gasteiger partial charge in [0.05, 0.1) is 12.4 Å². The molecule has 0 saturated heterocycles.